The fraction of sp³-hybridized carbons (Fsp3) is 0.235. The Kier molecular flexibility index (Phi) is 4.34. The van der Waals surface area contributed by atoms with Crippen LogP contribution in [0.1, 0.15) is 16.5 Å². The average molecular weight is 316 g/mol. The van der Waals surface area contributed by atoms with E-state index in [0.29, 0.717) is 17.8 Å². The molecule has 0 bridgehead atoms. The number of carbonyl (C=O) groups excluding carboxylic acids is 1. The summed E-state index contributed by atoms with van der Waals surface area (Å²) in [6, 6.07) is 14.5. The molecule has 2 aromatic carbocycles. The lowest BCUT2D eigenvalue weighted by atomic mass is 10.2. The number of hydrogen-bond donors (Lipinski definition) is 1. The van der Waals surface area contributed by atoms with Gasteiger partial charge in [-0.15, -0.1) is 11.8 Å². The van der Waals surface area contributed by atoms with Gasteiger partial charge in [-0.1, -0.05) is 36.4 Å². The van der Waals surface area contributed by atoms with Gasteiger partial charge in [-0.25, -0.2) is 9.18 Å². The Bertz CT molecular complexity index is 678. The van der Waals surface area contributed by atoms with E-state index in [1.165, 1.54) is 6.07 Å². The first-order valence-electron chi connectivity index (χ1n) is 7.15. The van der Waals surface area contributed by atoms with Gasteiger partial charge in [0.25, 0.3) is 0 Å². The molecule has 22 heavy (non-hydrogen) atoms. The molecule has 5 heteroatoms. The molecule has 114 valence electrons. The second-order valence-electron chi connectivity index (χ2n) is 5.22. The predicted molar refractivity (Wildman–Crippen MR) is 88.5 cm³/mol. The molecule has 1 atom stereocenters. The molecule has 0 saturated carbocycles. The van der Waals surface area contributed by atoms with Crippen LogP contribution in [0.25, 0.3) is 0 Å². The third-order valence-electron chi connectivity index (χ3n) is 3.66. The lowest BCUT2D eigenvalue weighted by Crippen LogP contribution is -2.34. The highest BCUT2D eigenvalue weighted by Crippen LogP contribution is 2.38. The quantitative estimate of drug-likeness (QED) is 0.890. The Morgan fingerprint density at radius 3 is 2.77 bits per heavy atom. The molecule has 3 nitrogen and oxygen atoms in total. The van der Waals surface area contributed by atoms with E-state index in [1.807, 2.05) is 30.3 Å². The van der Waals surface area contributed by atoms with E-state index in [1.54, 1.807) is 35.7 Å². The zero-order valence-electron chi connectivity index (χ0n) is 12.3. The fourth-order valence-corrected chi connectivity index (χ4v) is 3.69. The SMILES string of the molecule is Cc1ccc(NC(=O)N2CCSC2c2ccccc2)cc1F. The summed E-state index contributed by atoms with van der Waals surface area (Å²) in [7, 11) is 0. The number of anilines is 1. The van der Waals surface area contributed by atoms with Crippen molar-refractivity contribution in [1.29, 1.82) is 0 Å². The van der Waals surface area contributed by atoms with Crippen molar-refractivity contribution in [3.05, 3.63) is 65.5 Å². The zero-order chi connectivity index (χ0) is 15.5. The molecule has 0 aromatic heterocycles. The summed E-state index contributed by atoms with van der Waals surface area (Å²) in [5.41, 5.74) is 2.16. The first-order valence-corrected chi connectivity index (χ1v) is 8.20. The average Bonchev–Trinajstić information content (AvgIpc) is 3.01. The van der Waals surface area contributed by atoms with Gasteiger partial charge in [-0.2, -0.15) is 0 Å². The van der Waals surface area contributed by atoms with Gasteiger partial charge in [0.1, 0.15) is 11.2 Å². The summed E-state index contributed by atoms with van der Waals surface area (Å²) in [4.78, 5) is 14.3. The maximum absolute atomic E-state index is 13.6. The first kappa shape index (κ1) is 14.9. The zero-order valence-corrected chi connectivity index (χ0v) is 13.1. The third-order valence-corrected chi connectivity index (χ3v) is 4.92. The Hall–Kier alpha value is -2.01. The lowest BCUT2D eigenvalue weighted by Gasteiger charge is -2.24. The minimum absolute atomic E-state index is 0.0106. The number of urea groups is 1. The predicted octanol–water partition coefficient (Wildman–Crippen LogP) is 4.41. The molecule has 1 N–H and O–H groups in total. The van der Waals surface area contributed by atoms with Crippen LogP contribution in [0, 0.1) is 12.7 Å². The van der Waals surface area contributed by atoms with Crippen molar-refractivity contribution in [3.63, 3.8) is 0 Å². The monoisotopic (exact) mass is 316 g/mol. The Morgan fingerprint density at radius 2 is 2.05 bits per heavy atom. The number of rotatable bonds is 2. The Morgan fingerprint density at radius 1 is 1.27 bits per heavy atom. The molecular weight excluding hydrogens is 299 g/mol. The molecule has 1 fully saturated rings. The Balaban J connectivity index is 1.75. The van der Waals surface area contributed by atoms with Gasteiger partial charge < -0.3 is 10.2 Å². The van der Waals surface area contributed by atoms with E-state index in [2.05, 4.69) is 5.32 Å². The number of amides is 2. The van der Waals surface area contributed by atoms with E-state index in [9.17, 15) is 9.18 Å². The minimum Gasteiger partial charge on any atom is -0.308 e. The number of benzene rings is 2. The Labute approximate surface area is 133 Å². The molecular formula is C17H17FN2OS. The number of nitrogens with one attached hydrogen (secondary N) is 1. The summed E-state index contributed by atoms with van der Waals surface area (Å²) < 4.78 is 13.6. The summed E-state index contributed by atoms with van der Waals surface area (Å²) in [5, 5.41) is 2.80. The van der Waals surface area contributed by atoms with Crippen LogP contribution in [0.3, 0.4) is 0 Å². The minimum atomic E-state index is -0.312. The molecule has 1 unspecified atom stereocenters. The first-order chi connectivity index (χ1) is 10.6. The smallest absolute Gasteiger partial charge is 0.308 e. The topological polar surface area (TPSA) is 32.3 Å². The molecule has 0 spiro atoms. The maximum Gasteiger partial charge on any atom is 0.323 e. The van der Waals surface area contributed by atoms with Gasteiger partial charge >= 0.3 is 6.03 Å². The van der Waals surface area contributed by atoms with E-state index in [4.69, 9.17) is 0 Å². The van der Waals surface area contributed by atoms with Crippen LogP contribution in [0.2, 0.25) is 0 Å². The van der Waals surface area contributed by atoms with Crippen molar-refractivity contribution in [1.82, 2.24) is 4.90 Å². The standard InChI is InChI=1S/C17H17FN2OS/c1-12-7-8-14(11-15(12)18)19-17(21)20-9-10-22-16(20)13-5-3-2-4-6-13/h2-8,11,16H,9-10H2,1H3,(H,19,21). The molecule has 2 amide bonds. The molecule has 1 heterocycles. The second-order valence-corrected chi connectivity index (χ2v) is 6.41. The number of aryl methyl sites for hydroxylation is 1. The van der Waals surface area contributed by atoms with Crippen LogP contribution >= 0.6 is 11.8 Å². The van der Waals surface area contributed by atoms with E-state index < -0.39 is 0 Å². The number of thioether (sulfide) groups is 1. The van der Waals surface area contributed by atoms with Gasteiger partial charge in [0.15, 0.2) is 0 Å². The van der Waals surface area contributed by atoms with Gasteiger partial charge in [0.05, 0.1) is 0 Å². The molecule has 1 saturated heterocycles. The largest absolute Gasteiger partial charge is 0.323 e. The van der Waals surface area contributed by atoms with E-state index in [0.717, 1.165) is 11.3 Å². The lowest BCUT2D eigenvalue weighted by molar-refractivity contribution is 0.214. The summed E-state index contributed by atoms with van der Waals surface area (Å²) >= 11 is 1.74. The molecule has 3 rings (SSSR count). The van der Waals surface area contributed by atoms with E-state index >= 15 is 0 Å². The molecule has 0 aliphatic carbocycles. The normalized spacial score (nSPS) is 17.5. The van der Waals surface area contributed by atoms with Crippen molar-refractivity contribution in [2.45, 2.75) is 12.3 Å². The molecule has 1 aliphatic heterocycles. The van der Waals surface area contributed by atoms with Gasteiger partial charge in [0.2, 0.25) is 0 Å². The number of hydrogen-bond acceptors (Lipinski definition) is 2. The van der Waals surface area contributed by atoms with Crippen LogP contribution in [0.5, 0.6) is 0 Å². The van der Waals surface area contributed by atoms with E-state index in [-0.39, 0.29) is 17.2 Å². The van der Waals surface area contributed by atoms with Crippen LogP contribution in [-0.4, -0.2) is 23.2 Å². The summed E-state index contributed by atoms with van der Waals surface area (Å²) in [6.45, 7) is 2.38. The highest BCUT2D eigenvalue weighted by molar-refractivity contribution is 7.99. The number of halogens is 1. The van der Waals surface area contributed by atoms with Crippen molar-refractivity contribution in [2.75, 3.05) is 17.6 Å². The van der Waals surface area contributed by atoms with Crippen LogP contribution in [-0.2, 0) is 0 Å². The van der Waals surface area contributed by atoms with Crippen LogP contribution in [0.4, 0.5) is 14.9 Å². The second kappa shape index (κ2) is 6.40. The van der Waals surface area contributed by atoms with Gasteiger partial charge in [-0.05, 0) is 30.2 Å². The van der Waals surface area contributed by atoms with Crippen LogP contribution in [0.15, 0.2) is 48.5 Å². The fourth-order valence-electron chi connectivity index (χ4n) is 2.44. The molecule has 0 radical (unpaired) electrons. The third kappa shape index (κ3) is 3.09. The van der Waals surface area contributed by atoms with Gasteiger partial charge in [0, 0.05) is 18.0 Å². The number of nitrogens with zero attached hydrogens (tertiary/aromatic N) is 1. The highest BCUT2D eigenvalue weighted by Gasteiger charge is 2.30. The summed E-state index contributed by atoms with van der Waals surface area (Å²) in [5.74, 6) is 0.586. The molecule has 2 aromatic rings. The number of carbonyl (C=O) groups is 1. The highest BCUT2D eigenvalue weighted by atomic mass is 32.2. The van der Waals surface area contributed by atoms with Crippen molar-refractivity contribution in [2.24, 2.45) is 0 Å². The van der Waals surface area contributed by atoms with Crippen LogP contribution < -0.4 is 5.32 Å². The van der Waals surface area contributed by atoms with Crippen molar-refractivity contribution in [3.8, 4) is 0 Å². The molecule has 1 aliphatic rings. The van der Waals surface area contributed by atoms with Crippen molar-refractivity contribution >= 4 is 23.5 Å². The van der Waals surface area contributed by atoms with Gasteiger partial charge in [-0.3, -0.25) is 0 Å². The summed E-state index contributed by atoms with van der Waals surface area (Å²) in [6.07, 6.45) is 0. The van der Waals surface area contributed by atoms with Crippen molar-refractivity contribution < 1.29 is 9.18 Å². The maximum atomic E-state index is 13.6.